The average Bonchev–Trinajstić information content (AvgIpc) is 2.78. The second-order valence-electron chi connectivity index (χ2n) is 5.75. The smallest absolute Gasteiger partial charge is 0.354 e. The third-order valence-corrected chi connectivity index (χ3v) is 5.67. The largest absolute Gasteiger partial charge is 0.461 e. The maximum Gasteiger partial charge on any atom is 0.354 e. The van der Waals surface area contributed by atoms with Gasteiger partial charge in [-0.15, -0.1) is 0 Å². The van der Waals surface area contributed by atoms with E-state index in [1.807, 2.05) is 0 Å². The molecule has 1 aromatic heterocycles. The highest BCUT2D eigenvalue weighted by Crippen LogP contribution is 2.30. The van der Waals surface area contributed by atoms with Gasteiger partial charge in [0.2, 0.25) is 0 Å². The van der Waals surface area contributed by atoms with Crippen LogP contribution in [0.4, 0.5) is 0 Å². The van der Waals surface area contributed by atoms with Crippen LogP contribution in [0.2, 0.25) is 0 Å². The van der Waals surface area contributed by atoms with Crippen molar-refractivity contribution in [2.45, 2.75) is 57.4 Å². The predicted octanol–water partition coefficient (Wildman–Crippen LogP) is 3.48. The molecule has 0 amide bonds. The van der Waals surface area contributed by atoms with Crippen LogP contribution in [0.25, 0.3) is 0 Å². The molecule has 0 aliphatic heterocycles. The minimum absolute atomic E-state index is 0.00645. The molecule has 1 aliphatic rings. The Labute approximate surface area is 136 Å². The molecule has 0 radical (unpaired) electrons. The molecule has 2 rings (SSSR count). The summed E-state index contributed by atoms with van der Waals surface area (Å²) in [5, 5.41) is 0. The highest BCUT2D eigenvalue weighted by molar-refractivity contribution is 8.13. The summed E-state index contributed by atoms with van der Waals surface area (Å²) in [5.41, 5.74) is 0.771. The molecule has 0 spiro atoms. The zero-order chi connectivity index (χ0) is 16.3. The SMILES string of the molecule is CCOC(=O)c1cc(S(=O)(=O)Cl)c(C)n1CC1CCCCC1. The fourth-order valence-corrected chi connectivity index (χ4v) is 4.29. The molecule has 0 bridgehead atoms. The maximum absolute atomic E-state index is 12.1. The lowest BCUT2D eigenvalue weighted by Crippen LogP contribution is -2.19. The number of aromatic nitrogens is 1. The van der Waals surface area contributed by atoms with Gasteiger partial charge in [-0.25, -0.2) is 13.2 Å². The van der Waals surface area contributed by atoms with E-state index in [1.54, 1.807) is 18.4 Å². The number of halogens is 1. The first-order chi connectivity index (χ1) is 10.3. The van der Waals surface area contributed by atoms with E-state index in [9.17, 15) is 13.2 Å². The van der Waals surface area contributed by atoms with Gasteiger partial charge in [-0.2, -0.15) is 0 Å². The predicted molar refractivity (Wildman–Crippen MR) is 84.7 cm³/mol. The van der Waals surface area contributed by atoms with Crippen molar-refractivity contribution in [1.82, 2.24) is 4.57 Å². The van der Waals surface area contributed by atoms with Crippen molar-refractivity contribution in [3.63, 3.8) is 0 Å². The maximum atomic E-state index is 12.1. The van der Waals surface area contributed by atoms with Crippen molar-refractivity contribution in [1.29, 1.82) is 0 Å². The Balaban J connectivity index is 2.39. The van der Waals surface area contributed by atoms with Crippen molar-refractivity contribution in [3.8, 4) is 0 Å². The van der Waals surface area contributed by atoms with E-state index in [0.717, 1.165) is 12.8 Å². The topological polar surface area (TPSA) is 65.4 Å². The van der Waals surface area contributed by atoms with Crippen LogP contribution in [0, 0.1) is 12.8 Å². The van der Waals surface area contributed by atoms with E-state index < -0.39 is 15.0 Å². The van der Waals surface area contributed by atoms with Crippen LogP contribution in [-0.2, 0) is 20.3 Å². The zero-order valence-electron chi connectivity index (χ0n) is 13.0. The van der Waals surface area contributed by atoms with Crippen LogP contribution >= 0.6 is 10.7 Å². The summed E-state index contributed by atoms with van der Waals surface area (Å²) in [6.07, 6.45) is 5.81. The van der Waals surface area contributed by atoms with Crippen LogP contribution in [0.3, 0.4) is 0 Å². The van der Waals surface area contributed by atoms with E-state index >= 15 is 0 Å². The fraction of sp³-hybridized carbons (Fsp3) is 0.667. The Hall–Kier alpha value is -1.01. The Morgan fingerprint density at radius 1 is 1.36 bits per heavy atom. The number of rotatable bonds is 5. The quantitative estimate of drug-likeness (QED) is 0.604. The second-order valence-corrected chi connectivity index (χ2v) is 8.29. The molecule has 124 valence electrons. The van der Waals surface area contributed by atoms with Gasteiger partial charge in [0.15, 0.2) is 0 Å². The van der Waals surface area contributed by atoms with Crippen molar-refractivity contribution in [2.24, 2.45) is 5.92 Å². The molecule has 1 aliphatic carbocycles. The van der Waals surface area contributed by atoms with Crippen molar-refractivity contribution in [2.75, 3.05) is 6.61 Å². The highest BCUT2D eigenvalue weighted by atomic mass is 35.7. The first-order valence-corrected chi connectivity index (χ1v) is 9.97. The van der Waals surface area contributed by atoms with Crippen LogP contribution in [0.1, 0.15) is 55.2 Å². The van der Waals surface area contributed by atoms with Crippen molar-refractivity contribution >= 4 is 25.7 Å². The normalized spacial score (nSPS) is 16.7. The monoisotopic (exact) mass is 347 g/mol. The molecule has 1 saturated carbocycles. The van der Waals surface area contributed by atoms with E-state index in [1.165, 1.54) is 25.3 Å². The number of nitrogens with zero attached hydrogens (tertiary/aromatic N) is 1. The third-order valence-electron chi connectivity index (χ3n) is 4.23. The van der Waals surface area contributed by atoms with Gasteiger partial charge in [-0.05, 0) is 38.7 Å². The first-order valence-electron chi connectivity index (χ1n) is 7.66. The molecule has 0 unspecified atom stereocenters. The van der Waals surface area contributed by atoms with E-state index in [-0.39, 0.29) is 17.2 Å². The molecule has 0 atom stereocenters. The van der Waals surface area contributed by atoms with Crippen molar-refractivity contribution in [3.05, 3.63) is 17.5 Å². The number of hydrogen-bond acceptors (Lipinski definition) is 4. The number of carbonyl (C=O) groups is 1. The van der Waals surface area contributed by atoms with E-state index in [0.29, 0.717) is 18.2 Å². The summed E-state index contributed by atoms with van der Waals surface area (Å²) < 4.78 is 30.2. The van der Waals surface area contributed by atoms with Gasteiger partial charge in [0, 0.05) is 22.9 Å². The van der Waals surface area contributed by atoms with Gasteiger partial charge in [0.25, 0.3) is 9.05 Å². The Morgan fingerprint density at radius 2 is 2.00 bits per heavy atom. The van der Waals surface area contributed by atoms with E-state index in [4.69, 9.17) is 15.4 Å². The molecule has 1 heterocycles. The lowest BCUT2D eigenvalue weighted by molar-refractivity contribution is 0.0511. The first kappa shape index (κ1) is 17.3. The van der Waals surface area contributed by atoms with Gasteiger partial charge in [-0.1, -0.05) is 19.3 Å². The van der Waals surface area contributed by atoms with Crippen LogP contribution in [0.15, 0.2) is 11.0 Å². The zero-order valence-corrected chi connectivity index (χ0v) is 14.5. The van der Waals surface area contributed by atoms with E-state index in [2.05, 4.69) is 0 Å². The van der Waals surface area contributed by atoms with Gasteiger partial charge in [-0.3, -0.25) is 0 Å². The van der Waals surface area contributed by atoms with Gasteiger partial charge >= 0.3 is 5.97 Å². The molecule has 22 heavy (non-hydrogen) atoms. The number of hydrogen-bond donors (Lipinski definition) is 0. The Bertz CT molecular complexity index is 645. The Kier molecular flexibility index (Phi) is 5.55. The summed E-state index contributed by atoms with van der Waals surface area (Å²) in [6.45, 7) is 4.28. The molecule has 5 nitrogen and oxygen atoms in total. The molecular weight excluding hydrogens is 326 g/mol. The molecule has 7 heteroatoms. The third kappa shape index (κ3) is 3.84. The second kappa shape index (κ2) is 7.04. The molecule has 1 fully saturated rings. The number of esters is 1. The molecule has 0 N–H and O–H groups in total. The Morgan fingerprint density at radius 3 is 2.55 bits per heavy atom. The molecular formula is C15H22ClNO4S. The summed E-state index contributed by atoms with van der Waals surface area (Å²) in [7, 11) is 1.60. The molecule has 0 aromatic carbocycles. The minimum Gasteiger partial charge on any atom is -0.461 e. The van der Waals surface area contributed by atoms with Crippen LogP contribution < -0.4 is 0 Å². The van der Waals surface area contributed by atoms with Gasteiger partial charge < -0.3 is 9.30 Å². The minimum atomic E-state index is -3.88. The number of carbonyl (C=O) groups excluding carboxylic acids is 1. The lowest BCUT2D eigenvalue weighted by Gasteiger charge is -2.23. The summed E-state index contributed by atoms with van der Waals surface area (Å²) >= 11 is 0. The molecule has 1 aromatic rings. The summed E-state index contributed by atoms with van der Waals surface area (Å²) in [6, 6.07) is 1.33. The lowest BCUT2D eigenvalue weighted by atomic mass is 9.89. The standard InChI is InChI=1S/C15H22ClNO4S/c1-3-21-15(18)13-9-14(22(16,19)20)11(2)17(13)10-12-7-5-4-6-8-12/h9,12H,3-8,10H2,1-2H3. The van der Waals surface area contributed by atoms with Crippen LogP contribution in [0.5, 0.6) is 0 Å². The van der Waals surface area contributed by atoms with Gasteiger partial charge in [0.05, 0.1) is 6.61 Å². The van der Waals surface area contributed by atoms with Gasteiger partial charge in [0.1, 0.15) is 10.6 Å². The van der Waals surface area contributed by atoms with Crippen LogP contribution in [-0.4, -0.2) is 25.6 Å². The summed E-state index contributed by atoms with van der Waals surface area (Å²) in [5.74, 6) is -0.0492. The summed E-state index contributed by atoms with van der Waals surface area (Å²) in [4.78, 5) is 12.1. The molecule has 0 saturated heterocycles. The number of ether oxygens (including phenoxy) is 1. The average molecular weight is 348 g/mol. The fourth-order valence-electron chi connectivity index (χ4n) is 3.10. The van der Waals surface area contributed by atoms with Crippen molar-refractivity contribution < 1.29 is 17.9 Å². The highest BCUT2D eigenvalue weighted by Gasteiger charge is 2.26.